The Balaban J connectivity index is 2.20. The van der Waals surface area contributed by atoms with E-state index < -0.39 is 0 Å². The second kappa shape index (κ2) is 5.43. The zero-order chi connectivity index (χ0) is 9.68. The van der Waals surface area contributed by atoms with Crippen molar-refractivity contribution < 1.29 is 0 Å². The van der Waals surface area contributed by atoms with E-state index in [1.165, 1.54) is 37.7 Å². The molecule has 0 aromatic heterocycles. The predicted molar refractivity (Wildman–Crippen MR) is 58.9 cm³/mol. The van der Waals surface area contributed by atoms with Crippen LogP contribution in [0.5, 0.6) is 0 Å². The highest BCUT2D eigenvalue weighted by Gasteiger charge is 2.21. The van der Waals surface area contributed by atoms with Gasteiger partial charge in [-0.25, -0.2) is 0 Å². The van der Waals surface area contributed by atoms with Crippen LogP contribution in [0.3, 0.4) is 0 Å². The molecule has 1 fully saturated rings. The summed E-state index contributed by atoms with van der Waals surface area (Å²) in [6.45, 7) is 6.26. The van der Waals surface area contributed by atoms with Gasteiger partial charge in [-0.15, -0.1) is 0 Å². The molecule has 13 heavy (non-hydrogen) atoms. The molecule has 1 atom stereocenters. The Morgan fingerprint density at radius 1 is 1.54 bits per heavy atom. The summed E-state index contributed by atoms with van der Waals surface area (Å²) in [5.74, 6) is 1.00. The average Bonchev–Trinajstić information content (AvgIpc) is 2.08. The summed E-state index contributed by atoms with van der Waals surface area (Å²) < 4.78 is 0. The van der Waals surface area contributed by atoms with E-state index in [-0.39, 0.29) is 0 Å². The van der Waals surface area contributed by atoms with Crippen molar-refractivity contribution in [2.24, 2.45) is 5.92 Å². The molecular formula is C12H23N. The third-order valence-corrected chi connectivity index (χ3v) is 3.29. The molecule has 1 nitrogen and oxygen atoms in total. The minimum atomic E-state index is 0.678. The molecule has 0 aliphatic heterocycles. The molecule has 1 aliphatic rings. The second-order valence-corrected chi connectivity index (χ2v) is 4.33. The molecule has 1 aliphatic carbocycles. The molecule has 0 spiro atoms. The Morgan fingerprint density at radius 2 is 2.23 bits per heavy atom. The van der Waals surface area contributed by atoms with E-state index in [1.54, 1.807) is 0 Å². The summed E-state index contributed by atoms with van der Waals surface area (Å²) in [4.78, 5) is 0. The van der Waals surface area contributed by atoms with Gasteiger partial charge in [0.05, 0.1) is 0 Å². The Kier molecular flexibility index (Phi) is 4.51. The fraction of sp³-hybridized carbons (Fsp3) is 0.833. The summed E-state index contributed by atoms with van der Waals surface area (Å²) in [6.07, 6.45) is 8.02. The van der Waals surface area contributed by atoms with Crippen LogP contribution in [0.25, 0.3) is 0 Å². The Morgan fingerprint density at radius 3 is 2.62 bits per heavy atom. The molecule has 1 heteroatoms. The van der Waals surface area contributed by atoms with Gasteiger partial charge in [-0.3, -0.25) is 0 Å². The molecule has 76 valence electrons. The van der Waals surface area contributed by atoms with Gasteiger partial charge in [0.25, 0.3) is 0 Å². The van der Waals surface area contributed by atoms with Crippen molar-refractivity contribution in [2.75, 3.05) is 7.05 Å². The first kappa shape index (κ1) is 10.8. The maximum Gasteiger partial charge on any atom is 0.0104 e. The lowest BCUT2D eigenvalue weighted by atomic mass is 9.80. The molecule has 0 radical (unpaired) electrons. The molecule has 0 bridgehead atoms. The topological polar surface area (TPSA) is 12.0 Å². The SMILES string of the molecule is C=C(CC)CC(CC1CCC1)NC. The van der Waals surface area contributed by atoms with Crippen LogP contribution < -0.4 is 5.32 Å². The first-order valence-corrected chi connectivity index (χ1v) is 5.60. The molecule has 1 rings (SSSR count). The van der Waals surface area contributed by atoms with Gasteiger partial charge >= 0.3 is 0 Å². The highest BCUT2D eigenvalue weighted by atomic mass is 14.9. The fourth-order valence-electron chi connectivity index (χ4n) is 1.93. The van der Waals surface area contributed by atoms with Gasteiger partial charge in [0.15, 0.2) is 0 Å². The summed E-state index contributed by atoms with van der Waals surface area (Å²) >= 11 is 0. The molecule has 0 aromatic carbocycles. The van der Waals surface area contributed by atoms with Crippen LogP contribution in [0.15, 0.2) is 12.2 Å². The van der Waals surface area contributed by atoms with Crippen molar-refractivity contribution >= 4 is 0 Å². The van der Waals surface area contributed by atoms with Gasteiger partial charge in [-0.1, -0.05) is 38.3 Å². The van der Waals surface area contributed by atoms with Crippen molar-refractivity contribution in [2.45, 2.75) is 51.5 Å². The lowest BCUT2D eigenvalue weighted by Gasteiger charge is -2.29. The Bertz CT molecular complexity index is 159. The Labute approximate surface area is 82.6 Å². The number of rotatable bonds is 6. The molecule has 0 saturated heterocycles. The molecule has 1 N–H and O–H groups in total. The van der Waals surface area contributed by atoms with Crippen LogP contribution in [0.2, 0.25) is 0 Å². The maximum atomic E-state index is 4.07. The zero-order valence-electron chi connectivity index (χ0n) is 9.10. The third kappa shape index (κ3) is 3.51. The summed E-state index contributed by atoms with van der Waals surface area (Å²) in [5, 5.41) is 3.41. The van der Waals surface area contributed by atoms with E-state index in [1.807, 2.05) is 0 Å². The number of nitrogens with one attached hydrogen (secondary N) is 1. The van der Waals surface area contributed by atoms with Crippen molar-refractivity contribution in [1.82, 2.24) is 5.32 Å². The summed E-state index contributed by atoms with van der Waals surface area (Å²) in [5.41, 5.74) is 1.39. The quantitative estimate of drug-likeness (QED) is 0.621. The normalized spacial score (nSPS) is 19.5. The third-order valence-electron chi connectivity index (χ3n) is 3.29. The number of hydrogen-bond acceptors (Lipinski definition) is 1. The van der Waals surface area contributed by atoms with E-state index in [4.69, 9.17) is 0 Å². The van der Waals surface area contributed by atoms with E-state index >= 15 is 0 Å². The van der Waals surface area contributed by atoms with Crippen molar-refractivity contribution in [3.63, 3.8) is 0 Å². The molecule has 0 aromatic rings. The van der Waals surface area contributed by atoms with Crippen molar-refractivity contribution in [1.29, 1.82) is 0 Å². The van der Waals surface area contributed by atoms with Gasteiger partial charge in [0.1, 0.15) is 0 Å². The first-order valence-electron chi connectivity index (χ1n) is 5.60. The summed E-state index contributed by atoms with van der Waals surface area (Å²) in [7, 11) is 2.08. The highest BCUT2D eigenvalue weighted by Crippen LogP contribution is 2.31. The average molecular weight is 181 g/mol. The fourth-order valence-corrected chi connectivity index (χ4v) is 1.93. The van der Waals surface area contributed by atoms with Crippen molar-refractivity contribution in [3.8, 4) is 0 Å². The predicted octanol–water partition coefficient (Wildman–Crippen LogP) is 3.12. The van der Waals surface area contributed by atoms with Crippen LogP contribution in [-0.4, -0.2) is 13.1 Å². The molecule has 1 unspecified atom stereocenters. The minimum absolute atomic E-state index is 0.678. The summed E-state index contributed by atoms with van der Waals surface area (Å²) in [6, 6.07) is 0.678. The van der Waals surface area contributed by atoms with Crippen LogP contribution in [-0.2, 0) is 0 Å². The van der Waals surface area contributed by atoms with Crippen LogP contribution in [0.4, 0.5) is 0 Å². The second-order valence-electron chi connectivity index (χ2n) is 4.33. The van der Waals surface area contributed by atoms with Crippen molar-refractivity contribution in [3.05, 3.63) is 12.2 Å². The highest BCUT2D eigenvalue weighted by molar-refractivity contribution is 4.97. The van der Waals surface area contributed by atoms with Gasteiger partial charge in [-0.2, -0.15) is 0 Å². The zero-order valence-corrected chi connectivity index (χ0v) is 9.10. The van der Waals surface area contributed by atoms with E-state index in [0.717, 1.165) is 12.3 Å². The van der Waals surface area contributed by atoms with E-state index in [2.05, 4.69) is 25.9 Å². The minimum Gasteiger partial charge on any atom is -0.317 e. The Hall–Kier alpha value is -0.300. The molecule has 0 amide bonds. The van der Waals surface area contributed by atoms with E-state index in [0.29, 0.717) is 6.04 Å². The molecular weight excluding hydrogens is 158 g/mol. The first-order chi connectivity index (χ1) is 6.26. The van der Waals surface area contributed by atoms with Crippen LogP contribution in [0.1, 0.15) is 45.4 Å². The lowest BCUT2D eigenvalue weighted by Crippen LogP contribution is -2.30. The van der Waals surface area contributed by atoms with Gasteiger partial charge < -0.3 is 5.32 Å². The number of hydrogen-bond donors (Lipinski definition) is 1. The van der Waals surface area contributed by atoms with Gasteiger partial charge in [0, 0.05) is 6.04 Å². The van der Waals surface area contributed by atoms with Gasteiger partial charge in [0.2, 0.25) is 0 Å². The monoisotopic (exact) mass is 181 g/mol. The van der Waals surface area contributed by atoms with E-state index in [9.17, 15) is 0 Å². The molecule has 0 heterocycles. The standard InChI is InChI=1S/C12H23N/c1-4-10(2)8-12(13-3)9-11-6-5-7-11/h11-13H,2,4-9H2,1,3H3. The van der Waals surface area contributed by atoms with Crippen LogP contribution >= 0.6 is 0 Å². The van der Waals surface area contributed by atoms with Gasteiger partial charge in [-0.05, 0) is 32.2 Å². The maximum absolute atomic E-state index is 4.07. The van der Waals surface area contributed by atoms with Crippen LogP contribution in [0, 0.1) is 5.92 Å². The lowest BCUT2D eigenvalue weighted by molar-refractivity contribution is 0.263. The smallest absolute Gasteiger partial charge is 0.0104 e. The largest absolute Gasteiger partial charge is 0.317 e. The molecule has 1 saturated carbocycles.